The Hall–Kier alpha value is -2.37. The van der Waals surface area contributed by atoms with Crippen molar-refractivity contribution in [3.05, 3.63) is 60.4 Å². The first-order valence-electron chi connectivity index (χ1n) is 9.27. The molecule has 5 nitrogen and oxygen atoms in total. The lowest BCUT2D eigenvalue weighted by atomic mass is 10.1. The van der Waals surface area contributed by atoms with Gasteiger partial charge in [0, 0.05) is 37.7 Å². The number of hydrogen-bond acceptors (Lipinski definition) is 3. The third kappa shape index (κ3) is 4.15. The van der Waals surface area contributed by atoms with Crippen molar-refractivity contribution >= 4 is 29.3 Å². The van der Waals surface area contributed by atoms with Crippen LogP contribution in [0.3, 0.4) is 0 Å². The molecule has 0 saturated carbocycles. The molecule has 0 aliphatic carbocycles. The summed E-state index contributed by atoms with van der Waals surface area (Å²) < 4.78 is 2.16. The number of piperidine rings is 1. The third-order valence-corrected chi connectivity index (χ3v) is 5.02. The van der Waals surface area contributed by atoms with Gasteiger partial charge in [0.1, 0.15) is 5.82 Å². The van der Waals surface area contributed by atoms with E-state index in [2.05, 4.69) is 22.8 Å². The molecule has 2 heterocycles. The van der Waals surface area contributed by atoms with Crippen LogP contribution in [0.4, 0.5) is 0 Å². The number of hydrogen-bond donors (Lipinski definition) is 1. The fourth-order valence-corrected chi connectivity index (χ4v) is 3.72. The minimum atomic E-state index is 0. The van der Waals surface area contributed by atoms with E-state index in [0.29, 0.717) is 19.4 Å². The molecule has 1 saturated heterocycles. The molecule has 0 radical (unpaired) electrons. The molecular formula is C21H25ClN4O. The van der Waals surface area contributed by atoms with Gasteiger partial charge in [0.15, 0.2) is 0 Å². The Labute approximate surface area is 165 Å². The number of benzene rings is 2. The topological polar surface area (TPSA) is 64.2 Å². The molecule has 1 aliphatic rings. The summed E-state index contributed by atoms with van der Waals surface area (Å²) in [5.74, 6) is 1.10. The molecule has 1 atom stereocenters. The Morgan fingerprint density at radius 1 is 1.11 bits per heavy atom. The van der Waals surface area contributed by atoms with E-state index < -0.39 is 0 Å². The van der Waals surface area contributed by atoms with E-state index in [-0.39, 0.29) is 24.4 Å². The molecule has 4 rings (SSSR count). The highest BCUT2D eigenvalue weighted by Gasteiger charge is 2.22. The molecule has 6 heteroatoms. The van der Waals surface area contributed by atoms with E-state index in [1.165, 1.54) is 0 Å². The van der Waals surface area contributed by atoms with Gasteiger partial charge in [-0.1, -0.05) is 30.3 Å². The second-order valence-electron chi connectivity index (χ2n) is 6.93. The first kappa shape index (κ1) is 19.4. The lowest BCUT2D eigenvalue weighted by Crippen LogP contribution is -2.45. The van der Waals surface area contributed by atoms with Crippen LogP contribution in [0, 0.1) is 0 Å². The monoisotopic (exact) mass is 384 g/mol. The van der Waals surface area contributed by atoms with Crippen LogP contribution in [0.25, 0.3) is 16.7 Å². The van der Waals surface area contributed by atoms with E-state index in [0.717, 1.165) is 41.9 Å². The zero-order chi connectivity index (χ0) is 17.9. The van der Waals surface area contributed by atoms with Crippen LogP contribution in [0.5, 0.6) is 0 Å². The highest BCUT2D eigenvalue weighted by Crippen LogP contribution is 2.22. The van der Waals surface area contributed by atoms with Crippen molar-refractivity contribution in [2.75, 3.05) is 13.1 Å². The molecule has 3 aromatic rings. The summed E-state index contributed by atoms with van der Waals surface area (Å²) in [5, 5.41) is 0. The predicted molar refractivity (Wildman–Crippen MR) is 110 cm³/mol. The van der Waals surface area contributed by atoms with Gasteiger partial charge >= 0.3 is 0 Å². The number of amides is 1. The number of nitrogens with zero attached hydrogens (tertiary/aromatic N) is 3. The summed E-state index contributed by atoms with van der Waals surface area (Å²) in [6.07, 6.45) is 3.08. The Kier molecular flexibility index (Phi) is 6.14. The van der Waals surface area contributed by atoms with E-state index in [9.17, 15) is 4.79 Å². The van der Waals surface area contributed by atoms with Crippen molar-refractivity contribution in [1.82, 2.24) is 14.5 Å². The van der Waals surface area contributed by atoms with Crippen LogP contribution < -0.4 is 5.73 Å². The number of carbonyl (C=O) groups excluding carboxylic acids is 1. The average Bonchev–Trinajstić information content (AvgIpc) is 3.05. The number of imidazole rings is 1. The molecule has 1 fully saturated rings. The van der Waals surface area contributed by atoms with E-state index in [1.54, 1.807) is 0 Å². The summed E-state index contributed by atoms with van der Waals surface area (Å²) >= 11 is 0. The first-order valence-corrected chi connectivity index (χ1v) is 9.27. The zero-order valence-corrected chi connectivity index (χ0v) is 16.1. The van der Waals surface area contributed by atoms with Crippen molar-refractivity contribution in [1.29, 1.82) is 0 Å². The van der Waals surface area contributed by atoms with Crippen LogP contribution >= 0.6 is 12.4 Å². The Morgan fingerprint density at radius 3 is 2.63 bits per heavy atom. The highest BCUT2D eigenvalue weighted by atomic mass is 35.5. The van der Waals surface area contributed by atoms with Crippen LogP contribution in [0.15, 0.2) is 54.6 Å². The van der Waals surface area contributed by atoms with Gasteiger partial charge in [0.05, 0.1) is 11.0 Å². The standard InChI is InChI=1S/C21H24N4O.ClH/c22-16-7-6-14-24(15-16)21(26)13-12-20-23-18-10-4-5-11-19(18)25(20)17-8-2-1-3-9-17;/h1-5,8-11,16H,6-7,12-15,22H2;1H. The number of aryl methyl sites for hydroxylation is 1. The molecule has 1 unspecified atom stereocenters. The molecule has 27 heavy (non-hydrogen) atoms. The van der Waals surface area contributed by atoms with Gasteiger partial charge in [0.2, 0.25) is 5.91 Å². The number of rotatable bonds is 4. The molecule has 0 spiro atoms. The lowest BCUT2D eigenvalue weighted by Gasteiger charge is -2.30. The Bertz CT molecular complexity index is 909. The maximum Gasteiger partial charge on any atom is 0.223 e. The molecule has 2 aromatic carbocycles. The van der Waals surface area contributed by atoms with E-state index in [4.69, 9.17) is 10.7 Å². The molecule has 1 amide bonds. The maximum absolute atomic E-state index is 12.6. The summed E-state index contributed by atoms with van der Waals surface area (Å²) in [4.78, 5) is 19.3. The smallest absolute Gasteiger partial charge is 0.223 e. The summed E-state index contributed by atoms with van der Waals surface area (Å²) in [6.45, 7) is 1.50. The molecule has 0 bridgehead atoms. The van der Waals surface area contributed by atoms with Gasteiger partial charge in [-0.25, -0.2) is 4.98 Å². The van der Waals surface area contributed by atoms with Crippen LogP contribution in [0.1, 0.15) is 25.1 Å². The molecule has 1 aromatic heterocycles. The zero-order valence-electron chi connectivity index (χ0n) is 15.3. The Morgan fingerprint density at radius 2 is 1.85 bits per heavy atom. The van der Waals surface area contributed by atoms with Gasteiger partial charge in [-0.2, -0.15) is 0 Å². The number of likely N-dealkylation sites (tertiary alicyclic amines) is 1. The van der Waals surface area contributed by atoms with Gasteiger partial charge in [-0.3, -0.25) is 9.36 Å². The number of carbonyl (C=O) groups is 1. The molecular weight excluding hydrogens is 360 g/mol. The van der Waals surface area contributed by atoms with E-state index in [1.807, 2.05) is 41.3 Å². The Balaban J connectivity index is 0.00000210. The number of aromatic nitrogens is 2. The van der Waals surface area contributed by atoms with Gasteiger partial charge in [-0.15, -0.1) is 12.4 Å². The van der Waals surface area contributed by atoms with Crippen molar-refractivity contribution < 1.29 is 4.79 Å². The van der Waals surface area contributed by atoms with Crippen LogP contribution in [0.2, 0.25) is 0 Å². The number of fused-ring (bicyclic) bond motifs is 1. The first-order chi connectivity index (χ1) is 12.7. The third-order valence-electron chi connectivity index (χ3n) is 5.02. The fourth-order valence-electron chi connectivity index (χ4n) is 3.72. The van der Waals surface area contributed by atoms with Crippen molar-refractivity contribution in [2.24, 2.45) is 5.73 Å². The minimum Gasteiger partial charge on any atom is -0.341 e. The van der Waals surface area contributed by atoms with Crippen molar-refractivity contribution in [2.45, 2.75) is 31.7 Å². The summed E-state index contributed by atoms with van der Waals surface area (Å²) in [7, 11) is 0. The minimum absolute atomic E-state index is 0. The van der Waals surface area contributed by atoms with Crippen molar-refractivity contribution in [3.8, 4) is 5.69 Å². The molecule has 142 valence electrons. The second kappa shape index (κ2) is 8.55. The second-order valence-corrected chi connectivity index (χ2v) is 6.93. The van der Waals surface area contributed by atoms with Gasteiger partial charge < -0.3 is 10.6 Å². The van der Waals surface area contributed by atoms with Crippen LogP contribution in [-0.4, -0.2) is 39.5 Å². The van der Waals surface area contributed by atoms with Gasteiger partial charge in [0.25, 0.3) is 0 Å². The molecule has 2 N–H and O–H groups in total. The largest absolute Gasteiger partial charge is 0.341 e. The highest BCUT2D eigenvalue weighted by molar-refractivity contribution is 5.85. The molecule has 1 aliphatic heterocycles. The van der Waals surface area contributed by atoms with Crippen molar-refractivity contribution in [3.63, 3.8) is 0 Å². The van der Waals surface area contributed by atoms with Crippen LogP contribution in [-0.2, 0) is 11.2 Å². The number of nitrogens with two attached hydrogens (primary N) is 1. The number of para-hydroxylation sites is 3. The number of halogens is 1. The van der Waals surface area contributed by atoms with E-state index >= 15 is 0 Å². The van der Waals surface area contributed by atoms with Gasteiger partial charge in [-0.05, 0) is 37.1 Å². The SMILES string of the molecule is Cl.NC1CCCN(C(=O)CCc2nc3ccccc3n2-c2ccccc2)C1. The summed E-state index contributed by atoms with van der Waals surface area (Å²) in [5.41, 5.74) is 9.11. The average molecular weight is 385 g/mol. The summed E-state index contributed by atoms with van der Waals surface area (Å²) in [6, 6.07) is 18.4. The fraction of sp³-hybridized carbons (Fsp3) is 0.333. The predicted octanol–water partition coefficient (Wildman–Crippen LogP) is 3.33. The lowest BCUT2D eigenvalue weighted by molar-refractivity contribution is -0.132. The normalized spacial score (nSPS) is 16.9. The maximum atomic E-state index is 12.6. The quantitative estimate of drug-likeness (QED) is 0.750.